The first-order chi connectivity index (χ1) is 13.3. The van der Waals surface area contributed by atoms with Gasteiger partial charge in [-0.1, -0.05) is 18.2 Å². The van der Waals surface area contributed by atoms with Crippen LogP contribution in [0.3, 0.4) is 0 Å². The Kier molecular flexibility index (Phi) is 4.47. The molecule has 5 nitrogen and oxygen atoms in total. The Morgan fingerprint density at radius 3 is 2.50 bits per heavy atom. The van der Waals surface area contributed by atoms with E-state index in [0.717, 1.165) is 23.6 Å². The minimum absolute atomic E-state index is 0.0163. The van der Waals surface area contributed by atoms with Crippen LogP contribution in [-0.4, -0.2) is 26.9 Å². The third-order valence-electron chi connectivity index (χ3n) is 5.06. The van der Waals surface area contributed by atoms with Gasteiger partial charge in [-0.05, 0) is 36.8 Å². The van der Waals surface area contributed by atoms with E-state index in [2.05, 4.69) is 10.1 Å². The lowest BCUT2D eigenvalue weighted by Gasteiger charge is -2.23. The van der Waals surface area contributed by atoms with Gasteiger partial charge in [-0.15, -0.1) is 0 Å². The summed E-state index contributed by atoms with van der Waals surface area (Å²) in [6.45, 7) is 2.03. The average molecular weight is 388 g/mol. The van der Waals surface area contributed by atoms with Gasteiger partial charge in [-0.2, -0.15) is 23.3 Å². The average Bonchev–Trinajstić information content (AvgIpc) is 3.28. The zero-order valence-corrected chi connectivity index (χ0v) is 15.4. The largest absolute Gasteiger partial charge is 0.435 e. The van der Waals surface area contributed by atoms with E-state index in [-0.39, 0.29) is 6.04 Å². The van der Waals surface area contributed by atoms with E-state index in [0.29, 0.717) is 5.69 Å². The molecule has 0 N–H and O–H groups in total. The number of hydrogen-bond donors (Lipinski definition) is 0. The van der Waals surface area contributed by atoms with Gasteiger partial charge in [-0.3, -0.25) is 9.82 Å². The first-order valence-corrected chi connectivity index (χ1v) is 8.82. The molecule has 2 aromatic heterocycles. The zero-order chi connectivity index (χ0) is 19.9. The third-order valence-corrected chi connectivity index (χ3v) is 5.06. The fourth-order valence-corrected chi connectivity index (χ4v) is 3.56. The minimum atomic E-state index is -4.45. The molecule has 1 aromatic carbocycles. The molecule has 1 aliphatic heterocycles. The minimum Gasteiger partial charge on any atom is -0.287 e. The highest BCUT2D eigenvalue weighted by molar-refractivity contribution is 5.36. The van der Waals surface area contributed by atoms with Crippen LogP contribution in [0.25, 0.3) is 5.69 Å². The van der Waals surface area contributed by atoms with Gasteiger partial charge in [-0.25, -0.2) is 4.68 Å². The fourth-order valence-electron chi connectivity index (χ4n) is 3.56. The van der Waals surface area contributed by atoms with E-state index >= 15 is 0 Å². The van der Waals surface area contributed by atoms with Gasteiger partial charge >= 0.3 is 6.18 Å². The summed E-state index contributed by atoms with van der Waals surface area (Å²) in [6.07, 6.45) is 1.11. The predicted octanol–water partition coefficient (Wildman–Crippen LogP) is 4.51. The normalized spacial score (nSPS) is 23.2. The summed E-state index contributed by atoms with van der Waals surface area (Å²) in [4.78, 5) is 10.3. The molecule has 0 amide bonds. The van der Waals surface area contributed by atoms with Crippen molar-refractivity contribution in [2.45, 2.75) is 31.2 Å². The molecule has 1 fully saturated rings. The van der Waals surface area contributed by atoms with Crippen LogP contribution < -0.4 is 0 Å². The second kappa shape index (κ2) is 6.72. The van der Waals surface area contributed by atoms with Crippen molar-refractivity contribution >= 4 is 0 Å². The quantitative estimate of drug-likeness (QED) is 0.662. The number of aromatic nitrogens is 3. The molecule has 4 rings (SSSR count). The maximum atomic E-state index is 12.7. The Morgan fingerprint density at radius 2 is 1.89 bits per heavy atom. The van der Waals surface area contributed by atoms with Crippen LogP contribution >= 0.6 is 0 Å². The molecule has 8 heteroatoms. The topological polar surface area (TPSA) is 43.2 Å². The van der Waals surface area contributed by atoms with E-state index < -0.39 is 17.5 Å². The van der Waals surface area contributed by atoms with Crippen molar-refractivity contribution in [3.05, 3.63) is 77.9 Å². The lowest BCUT2D eigenvalue weighted by atomic mass is 9.89. The van der Waals surface area contributed by atoms with Crippen molar-refractivity contribution < 1.29 is 18.0 Å². The zero-order valence-electron chi connectivity index (χ0n) is 15.4. The van der Waals surface area contributed by atoms with Gasteiger partial charge in [0.15, 0.2) is 5.69 Å². The third kappa shape index (κ3) is 3.41. The Labute approximate surface area is 160 Å². The fraction of sp³-hybridized carbons (Fsp3) is 0.300. The maximum absolute atomic E-state index is 12.7. The van der Waals surface area contributed by atoms with E-state index in [1.807, 2.05) is 43.3 Å². The number of benzene rings is 1. The van der Waals surface area contributed by atoms with Crippen molar-refractivity contribution in [2.75, 3.05) is 7.05 Å². The monoisotopic (exact) mass is 388 g/mol. The summed E-state index contributed by atoms with van der Waals surface area (Å²) in [5.41, 5.74) is 1.18. The van der Waals surface area contributed by atoms with E-state index in [4.69, 9.17) is 4.84 Å². The summed E-state index contributed by atoms with van der Waals surface area (Å²) in [7, 11) is 1.88. The number of nitrogens with zero attached hydrogens (tertiary/aromatic N) is 4. The number of hydrogen-bond acceptors (Lipinski definition) is 4. The molecule has 0 saturated carbocycles. The number of rotatable bonds is 3. The first-order valence-electron chi connectivity index (χ1n) is 8.82. The molecule has 1 saturated heterocycles. The smallest absolute Gasteiger partial charge is 0.287 e. The summed E-state index contributed by atoms with van der Waals surface area (Å²) < 4.78 is 39.4. The van der Waals surface area contributed by atoms with Crippen LogP contribution in [0.4, 0.5) is 13.2 Å². The van der Waals surface area contributed by atoms with Crippen molar-refractivity contribution in [1.82, 2.24) is 19.8 Å². The van der Waals surface area contributed by atoms with Crippen LogP contribution in [0.2, 0.25) is 0 Å². The molecule has 2 atom stereocenters. The highest BCUT2D eigenvalue weighted by atomic mass is 19.4. The Bertz CT molecular complexity index is 956. The standard InChI is InChI=1S/C20H19F3N4O/c1-19(15-4-3-10-24-13-15)12-17(26(2)28-19)14-5-7-16(8-6-14)27-11-9-18(25-27)20(21,22)23/h3-11,13,17H,12H2,1-2H3/t17-,19+/m1/s1. The summed E-state index contributed by atoms with van der Waals surface area (Å²) in [5, 5.41) is 5.42. The maximum Gasteiger partial charge on any atom is 0.435 e. The molecule has 28 heavy (non-hydrogen) atoms. The highest BCUT2D eigenvalue weighted by Crippen LogP contribution is 2.45. The summed E-state index contributed by atoms with van der Waals surface area (Å²) in [5.74, 6) is 0. The summed E-state index contributed by atoms with van der Waals surface area (Å²) >= 11 is 0. The molecule has 3 aromatic rings. The second-order valence-electron chi connectivity index (χ2n) is 7.06. The SMILES string of the molecule is CN1O[C@](C)(c2cccnc2)C[C@@H]1c1ccc(-n2ccc(C(F)(F)F)n2)cc1. The lowest BCUT2D eigenvalue weighted by Crippen LogP contribution is -2.23. The van der Waals surface area contributed by atoms with Crippen LogP contribution in [-0.2, 0) is 16.6 Å². The Morgan fingerprint density at radius 1 is 1.14 bits per heavy atom. The van der Waals surface area contributed by atoms with Crippen molar-refractivity contribution in [2.24, 2.45) is 0 Å². The second-order valence-corrected chi connectivity index (χ2v) is 7.06. The molecule has 146 valence electrons. The van der Waals surface area contributed by atoms with Crippen molar-refractivity contribution in [3.63, 3.8) is 0 Å². The molecular weight excluding hydrogens is 369 g/mol. The van der Waals surface area contributed by atoms with Crippen molar-refractivity contribution in [3.8, 4) is 5.69 Å². The Balaban J connectivity index is 1.55. The van der Waals surface area contributed by atoms with Gasteiger partial charge in [0, 0.05) is 37.6 Å². The van der Waals surface area contributed by atoms with Gasteiger partial charge < -0.3 is 0 Å². The van der Waals surface area contributed by atoms with Gasteiger partial charge in [0.2, 0.25) is 0 Å². The predicted molar refractivity (Wildman–Crippen MR) is 96.4 cm³/mol. The molecule has 0 unspecified atom stereocenters. The van der Waals surface area contributed by atoms with E-state index in [1.54, 1.807) is 24.5 Å². The van der Waals surface area contributed by atoms with Crippen LogP contribution in [0, 0.1) is 0 Å². The molecule has 0 spiro atoms. The van der Waals surface area contributed by atoms with Gasteiger partial charge in [0.05, 0.1) is 11.7 Å². The molecular formula is C20H19F3N4O. The molecule has 0 bridgehead atoms. The molecule has 1 aliphatic rings. The van der Waals surface area contributed by atoms with Crippen molar-refractivity contribution in [1.29, 1.82) is 0 Å². The van der Waals surface area contributed by atoms with Gasteiger partial charge in [0.1, 0.15) is 5.60 Å². The Hall–Kier alpha value is -2.71. The number of halogens is 3. The van der Waals surface area contributed by atoms with Gasteiger partial charge in [0.25, 0.3) is 0 Å². The van der Waals surface area contributed by atoms with Crippen LogP contribution in [0.1, 0.15) is 36.2 Å². The van der Waals surface area contributed by atoms with E-state index in [9.17, 15) is 13.2 Å². The number of pyridine rings is 1. The van der Waals surface area contributed by atoms with E-state index in [1.165, 1.54) is 10.9 Å². The first kappa shape index (κ1) is 18.6. The molecule has 0 aliphatic carbocycles. The number of hydroxylamine groups is 2. The number of alkyl halides is 3. The highest BCUT2D eigenvalue weighted by Gasteiger charge is 2.42. The van der Waals surface area contributed by atoms with Crippen LogP contribution in [0.15, 0.2) is 61.1 Å². The molecule has 3 heterocycles. The molecule has 0 radical (unpaired) electrons. The summed E-state index contributed by atoms with van der Waals surface area (Å²) in [6, 6.07) is 12.2. The lowest BCUT2D eigenvalue weighted by molar-refractivity contribution is -0.188. The van der Waals surface area contributed by atoms with Crippen LogP contribution in [0.5, 0.6) is 0 Å².